The summed E-state index contributed by atoms with van der Waals surface area (Å²) in [5, 5.41) is 12.0. The number of methoxy groups -OCH3 is 2. The Morgan fingerprint density at radius 2 is 2.04 bits per heavy atom. The van der Waals surface area contributed by atoms with Gasteiger partial charge in [0.25, 0.3) is 0 Å². The number of aryl methyl sites for hydroxylation is 1. The number of thiazole rings is 1. The summed E-state index contributed by atoms with van der Waals surface area (Å²) in [6, 6.07) is 7.57. The topological polar surface area (TPSA) is 90.7 Å². The minimum atomic E-state index is 0.656. The van der Waals surface area contributed by atoms with Gasteiger partial charge in [0.2, 0.25) is 0 Å². The minimum Gasteiger partial charge on any atom is -0.497 e. The molecule has 26 heavy (non-hydrogen) atoms. The van der Waals surface area contributed by atoms with Crippen molar-refractivity contribution in [1.29, 1.82) is 0 Å². The average Bonchev–Trinajstić information content (AvgIpc) is 3.40. The van der Waals surface area contributed by atoms with E-state index in [1.807, 2.05) is 31.3 Å². The standard InChI is InChI=1S/C17H16N6O2S/c1-23-12(6-7-20-23)17-21-14(15(26-17)16-18-9-19-22-16)11-5-4-10(24-2)8-13(11)25-3/h4-9H,1-3H3,(H,18,19,22). The van der Waals surface area contributed by atoms with Crippen LogP contribution in [0.1, 0.15) is 0 Å². The predicted molar refractivity (Wildman–Crippen MR) is 98.2 cm³/mol. The number of hydrogen-bond donors (Lipinski definition) is 1. The second kappa shape index (κ2) is 6.60. The lowest BCUT2D eigenvalue weighted by molar-refractivity contribution is 0.395. The van der Waals surface area contributed by atoms with Crippen molar-refractivity contribution in [3.8, 4) is 44.2 Å². The molecule has 8 nitrogen and oxygen atoms in total. The number of rotatable bonds is 5. The molecule has 4 rings (SSSR count). The van der Waals surface area contributed by atoms with Gasteiger partial charge in [-0.25, -0.2) is 9.97 Å². The first-order valence-electron chi connectivity index (χ1n) is 7.78. The van der Waals surface area contributed by atoms with Crippen molar-refractivity contribution in [1.82, 2.24) is 29.9 Å². The third-order valence-corrected chi connectivity index (χ3v) is 5.05. The van der Waals surface area contributed by atoms with Crippen LogP contribution in [0.2, 0.25) is 0 Å². The molecule has 9 heteroatoms. The lowest BCUT2D eigenvalue weighted by Crippen LogP contribution is -1.94. The molecule has 0 unspecified atom stereocenters. The van der Waals surface area contributed by atoms with E-state index in [2.05, 4.69) is 20.3 Å². The Labute approximate surface area is 153 Å². The monoisotopic (exact) mass is 368 g/mol. The molecule has 1 aromatic carbocycles. The zero-order chi connectivity index (χ0) is 18.1. The summed E-state index contributed by atoms with van der Waals surface area (Å²) in [5.41, 5.74) is 2.54. The number of hydrogen-bond acceptors (Lipinski definition) is 7. The lowest BCUT2D eigenvalue weighted by Gasteiger charge is -2.09. The van der Waals surface area contributed by atoms with Gasteiger partial charge in [0.1, 0.15) is 22.8 Å². The van der Waals surface area contributed by atoms with Crippen molar-refractivity contribution >= 4 is 11.3 Å². The Hall–Kier alpha value is -3.20. The molecule has 0 amide bonds. The highest BCUT2D eigenvalue weighted by Gasteiger charge is 2.22. The van der Waals surface area contributed by atoms with Gasteiger partial charge in [0, 0.05) is 24.9 Å². The Balaban J connectivity index is 1.93. The number of nitrogens with zero attached hydrogens (tertiary/aromatic N) is 5. The van der Waals surface area contributed by atoms with E-state index >= 15 is 0 Å². The van der Waals surface area contributed by atoms with Crippen LogP contribution in [0.3, 0.4) is 0 Å². The maximum absolute atomic E-state index is 5.56. The molecule has 0 saturated heterocycles. The average molecular weight is 368 g/mol. The molecule has 0 spiro atoms. The zero-order valence-electron chi connectivity index (χ0n) is 14.4. The maximum Gasteiger partial charge on any atom is 0.167 e. The van der Waals surface area contributed by atoms with Crippen LogP contribution < -0.4 is 9.47 Å². The molecule has 132 valence electrons. The van der Waals surface area contributed by atoms with Crippen LogP contribution in [0, 0.1) is 0 Å². The molecule has 0 aliphatic carbocycles. The SMILES string of the molecule is COc1ccc(-c2nc(-c3ccnn3C)sc2-c2ncn[nH]2)c(OC)c1. The lowest BCUT2D eigenvalue weighted by atomic mass is 10.1. The zero-order valence-corrected chi connectivity index (χ0v) is 15.2. The largest absolute Gasteiger partial charge is 0.497 e. The second-order valence-corrected chi connectivity index (χ2v) is 6.44. The molecule has 0 bridgehead atoms. The first-order valence-corrected chi connectivity index (χ1v) is 8.60. The highest BCUT2D eigenvalue weighted by atomic mass is 32.1. The molecule has 4 aromatic rings. The third-order valence-electron chi connectivity index (χ3n) is 3.96. The normalized spacial score (nSPS) is 10.9. The van der Waals surface area contributed by atoms with Crippen molar-refractivity contribution in [3.05, 3.63) is 36.8 Å². The van der Waals surface area contributed by atoms with Gasteiger partial charge in [-0.3, -0.25) is 9.78 Å². The number of H-pyrrole nitrogens is 1. The van der Waals surface area contributed by atoms with E-state index in [-0.39, 0.29) is 0 Å². The number of nitrogens with one attached hydrogen (secondary N) is 1. The summed E-state index contributed by atoms with van der Waals surface area (Å²) in [4.78, 5) is 10.0. The number of aromatic nitrogens is 6. The van der Waals surface area contributed by atoms with Crippen LogP contribution in [0.25, 0.3) is 32.7 Å². The fourth-order valence-corrected chi connectivity index (χ4v) is 3.75. The van der Waals surface area contributed by atoms with Gasteiger partial charge in [0.15, 0.2) is 5.82 Å². The molecule has 1 N–H and O–H groups in total. The Bertz CT molecular complexity index is 1040. The molecule has 0 atom stereocenters. The van der Waals surface area contributed by atoms with Crippen molar-refractivity contribution in [2.24, 2.45) is 7.05 Å². The summed E-state index contributed by atoms with van der Waals surface area (Å²) in [5.74, 6) is 2.05. The minimum absolute atomic E-state index is 0.656. The van der Waals surface area contributed by atoms with Crippen molar-refractivity contribution in [2.45, 2.75) is 0 Å². The summed E-state index contributed by atoms with van der Waals surface area (Å²) < 4.78 is 12.6. The molecule has 3 heterocycles. The molecule has 0 fully saturated rings. The molecule has 0 radical (unpaired) electrons. The van der Waals surface area contributed by atoms with Crippen LogP contribution in [-0.2, 0) is 7.05 Å². The van der Waals surface area contributed by atoms with Crippen LogP contribution in [0.4, 0.5) is 0 Å². The first-order chi connectivity index (χ1) is 12.7. The van der Waals surface area contributed by atoms with Crippen LogP contribution in [-0.4, -0.2) is 44.2 Å². The van der Waals surface area contributed by atoms with Gasteiger partial charge in [-0.1, -0.05) is 0 Å². The number of aromatic amines is 1. The van der Waals surface area contributed by atoms with Gasteiger partial charge >= 0.3 is 0 Å². The Morgan fingerprint density at radius 1 is 1.15 bits per heavy atom. The molecule has 0 aliphatic rings. The van der Waals surface area contributed by atoms with Crippen molar-refractivity contribution in [3.63, 3.8) is 0 Å². The number of ether oxygens (including phenoxy) is 2. The quantitative estimate of drug-likeness (QED) is 0.582. The van der Waals surface area contributed by atoms with E-state index in [1.54, 1.807) is 25.1 Å². The highest BCUT2D eigenvalue weighted by Crippen LogP contribution is 2.42. The molecular weight excluding hydrogens is 352 g/mol. The van der Waals surface area contributed by atoms with E-state index in [1.165, 1.54) is 17.7 Å². The fraction of sp³-hybridized carbons (Fsp3) is 0.176. The number of benzene rings is 1. The van der Waals surface area contributed by atoms with Gasteiger partial charge in [-0.05, 0) is 18.2 Å². The summed E-state index contributed by atoms with van der Waals surface area (Å²) >= 11 is 1.52. The molecule has 0 aliphatic heterocycles. The smallest absolute Gasteiger partial charge is 0.167 e. The predicted octanol–water partition coefficient (Wildman–Crippen LogP) is 3.01. The first kappa shape index (κ1) is 16.3. The van der Waals surface area contributed by atoms with Crippen LogP contribution >= 0.6 is 11.3 Å². The molecule has 3 aromatic heterocycles. The van der Waals surface area contributed by atoms with E-state index in [0.717, 1.165) is 26.8 Å². The van der Waals surface area contributed by atoms with Gasteiger partial charge in [0.05, 0.1) is 30.5 Å². The van der Waals surface area contributed by atoms with Crippen LogP contribution in [0.5, 0.6) is 11.5 Å². The van der Waals surface area contributed by atoms with E-state index < -0.39 is 0 Å². The summed E-state index contributed by atoms with van der Waals surface area (Å²) in [6.45, 7) is 0. The van der Waals surface area contributed by atoms with Crippen molar-refractivity contribution in [2.75, 3.05) is 14.2 Å². The summed E-state index contributed by atoms with van der Waals surface area (Å²) in [7, 11) is 5.14. The van der Waals surface area contributed by atoms with E-state index in [9.17, 15) is 0 Å². The van der Waals surface area contributed by atoms with E-state index in [4.69, 9.17) is 14.5 Å². The maximum atomic E-state index is 5.56. The molecule has 0 saturated carbocycles. The van der Waals surface area contributed by atoms with Crippen LogP contribution in [0.15, 0.2) is 36.8 Å². The Kier molecular flexibility index (Phi) is 4.13. The fourth-order valence-electron chi connectivity index (χ4n) is 2.67. The summed E-state index contributed by atoms with van der Waals surface area (Å²) in [6.07, 6.45) is 3.23. The van der Waals surface area contributed by atoms with Crippen molar-refractivity contribution < 1.29 is 9.47 Å². The van der Waals surface area contributed by atoms with E-state index in [0.29, 0.717) is 17.3 Å². The Morgan fingerprint density at radius 3 is 2.69 bits per heavy atom. The highest BCUT2D eigenvalue weighted by molar-refractivity contribution is 7.18. The second-order valence-electron chi connectivity index (χ2n) is 5.44. The van der Waals surface area contributed by atoms with Gasteiger partial charge in [-0.15, -0.1) is 11.3 Å². The van der Waals surface area contributed by atoms with Gasteiger partial charge < -0.3 is 9.47 Å². The van der Waals surface area contributed by atoms with Gasteiger partial charge in [-0.2, -0.15) is 10.2 Å². The molecular formula is C17H16N6O2S. The third kappa shape index (κ3) is 2.72.